The smallest absolute Gasteiger partial charge is 0.162 e. The Morgan fingerprint density at radius 1 is 1.19 bits per heavy atom. The summed E-state index contributed by atoms with van der Waals surface area (Å²) in [6.45, 7) is 5.68. The SMILES string of the molecule is CN(Cc1cc2c(cc1Br)OCCO2)CC1CCNCC1. The van der Waals surface area contributed by atoms with Crippen LogP contribution in [0, 0.1) is 5.92 Å². The van der Waals surface area contributed by atoms with Crippen molar-refractivity contribution in [3.8, 4) is 11.5 Å². The highest BCUT2D eigenvalue weighted by Gasteiger charge is 2.18. The van der Waals surface area contributed by atoms with Gasteiger partial charge >= 0.3 is 0 Å². The number of nitrogens with one attached hydrogen (secondary N) is 1. The second-order valence-electron chi connectivity index (χ2n) is 5.98. The first-order valence-corrected chi connectivity index (χ1v) is 8.49. The van der Waals surface area contributed by atoms with Crippen LogP contribution in [-0.2, 0) is 6.54 Å². The largest absolute Gasteiger partial charge is 0.486 e. The van der Waals surface area contributed by atoms with E-state index in [1.807, 2.05) is 6.07 Å². The molecule has 0 saturated carbocycles. The maximum atomic E-state index is 5.68. The lowest BCUT2D eigenvalue weighted by Crippen LogP contribution is -2.34. The van der Waals surface area contributed by atoms with Crippen molar-refractivity contribution in [2.24, 2.45) is 5.92 Å². The number of fused-ring (bicyclic) bond motifs is 1. The maximum Gasteiger partial charge on any atom is 0.162 e. The Balaban J connectivity index is 1.63. The third-order valence-corrected chi connectivity index (χ3v) is 4.92. The molecule has 0 amide bonds. The monoisotopic (exact) mass is 354 g/mol. The van der Waals surface area contributed by atoms with E-state index in [2.05, 4.69) is 39.3 Å². The van der Waals surface area contributed by atoms with Crippen molar-refractivity contribution in [2.75, 3.05) is 39.9 Å². The van der Waals surface area contributed by atoms with E-state index in [1.165, 1.54) is 18.4 Å². The highest BCUT2D eigenvalue weighted by atomic mass is 79.9. The molecule has 116 valence electrons. The molecule has 0 aromatic heterocycles. The number of benzene rings is 1. The average Bonchev–Trinajstić information content (AvgIpc) is 2.49. The Morgan fingerprint density at radius 2 is 1.86 bits per heavy atom. The van der Waals surface area contributed by atoms with Gasteiger partial charge in [0.25, 0.3) is 0 Å². The van der Waals surface area contributed by atoms with Gasteiger partial charge in [-0.3, -0.25) is 0 Å². The van der Waals surface area contributed by atoms with Crippen molar-refractivity contribution >= 4 is 15.9 Å². The molecule has 0 bridgehead atoms. The van der Waals surface area contributed by atoms with E-state index in [4.69, 9.17) is 9.47 Å². The summed E-state index contributed by atoms with van der Waals surface area (Å²) < 4.78 is 12.4. The quantitative estimate of drug-likeness (QED) is 0.901. The predicted octanol–water partition coefficient (Wildman–Crippen LogP) is 2.65. The summed E-state index contributed by atoms with van der Waals surface area (Å²) in [4.78, 5) is 2.41. The highest BCUT2D eigenvalue weighted by molar-refractivity contribution is 9.10. The Bertz CT molecular complexity index is 489. The van der Waals surface area contributed by atoms with Gasteiger partial charge in [-0.25, -0.2) is 0 Å². The summed E-state index contributed by atoms with van der Waals surface area (Å²) in [6, 6.07) is 4.14. The molecule has 4 nitrogen and oxygen atoms in total. The molecular formula is C16H23BrN2O2. The van der Waals surface area contributed by atoms with E-state index >= 15 is 0 Å². The zero-order valence-corrected chi connectivity index (χ0v) is 14.1. The summed E-state index contributed by atoms with van der Waals surface area (Å²) in [5.41, 5.74) is 1.26. The van der Waals surface area contributed by atoms with Crippen molar-refractivity contribution in [1.29, 1.82) is 0 Å². The summed E-state index contributed by atoms with van der Waals surface area (Å²) >= 11 is 3.66. The van der Waals surface area contributed by atoms with Gasteiger partial charge in [-0.2, -0.15) is 0 Å². The van der Waals surface area contributed by atoms with Crippen molar-refractivity contribution < 1.29 is 9.47 Å². The van der Waals surface area contributed by atoms with Gasteiger partial charge in [0, 0.05) is 17.6 Å². The summed E-state index contributed by atoms with van der Waals surface area (Å²) in [7, 11) is 2.20. The Morgan fingerprint density at radius 3 is 2.57 bits per heavy atom. The molecule has 0 radical (unpaired) electrons. The molecule has 2 aliphatic rings. The van der Waals surface area contributed by atoms with Gasteiger partial charge in [0.1, 0.15) is 13.2 Å². The third-order valence-electron chi connectivity index (χ3n) is 4.18. The van der Waals surface area contributed by atoms with Crippen molar-refractivity contribution in [2.45, 2.75) is 19.4 Å². The molecule has 3 rings (SSSR count). The van der Waals surface area contributed by atoms with Gasteiger partial charge in [-0.05, 0) is 56.6 Å². The van der Waals surface area contributed by atoms with Crippen LogP contribution < -0.4 is 14.8 Å². The fourth-order valence-electron chi connectivity index (χ4n) is 3.09. The summed E-state index contributed by atoms with van der Waals surface area (Å²) in [6.07, 6.45) is 2.57. The van der Waals surface area contributed by atoms with E-state index in [9.17, 15) is 0 Å². The van der Waals surface area contributed by atoms with E-state index < -0.39 is 0 Å². The summed E-state index contributed by atoms with van der Waals surface area (Å²) in [5.74, 6) is 2.53. The number of hydrogen-bond acceptors (Lipinski definition) is 4. The minimum absolute atomic E-state index is 0.633. The van der Waals surface area contributed by atoms with Crippen LogP contribution in [0.3, 0.4) is 0 Å². The Labute approximate surface area is 134 Å². The number of piperidine rings is 1. The van der Waals surface area contributed by atoms with Crippen molar-refractivity contribution in [1.82, 2.24) is 10.2 Å². The molecule has 1 aromatic rings. The molecule has 1 N–H and O–H groups in total. The lowest BCUT2D eigenvalue weighted by Gasteiger charge is -2.28. The molecule has 1 fully saturated rings. The van der Waals surface area contributed by atoms with Crippen LogP contribution in [0.4, 0.5) is 0 Å². The minimum Gasteiger partial charge on any atom is -0.486 e. The zero-order chi connectivity index (χ0) is 14.7. The molecule has 2 heterocycles. The van der Waals surface area contributed by atoms with Crippen LogP contribution in [0.15, 0.2) is 16.6 Å². The lowest BCUT2D eigenvalue weighted by molar-refractivity contribution is 0.170. The fraction of sp³-hybridized carbons (Fsp3) is 0.625. The van der Waals surface area contributed by atoms with Gasteiger partial charge in [0.2, 0.25) is 0 Å². The number of halogens is 1. The normalized spacial score (nSPS) is 19.0. The molecule has 1 saturated heterocycles. The zero-order valence-electron chi connectivity index (χ0n) is 12.5. The number of hydrogen-bond donors (Lipinski definition) is 1. The molecule has 0 unspecified atom stereocenters. The molecule has 5 heteroatoms. The van der Waals surface area contributed by atoms with Gasteiger partial charge in [0.05, 0.1) is 0 Å². The number of rotatable bonds is 4. The van der Waals surface area contributed by atoms with E-state index in [-0.39, 0.29) is 0 Å². The minimum atomic E-state index is 0.633. The first-order chi connectivity index (χ1) is 10.2. The number of nitrogens with zero attached hydrogens (tertiary/aromatic N) is 1. The maximum absolute atomic E-state index is 5.68. The Kier molecular flexibility index (Phi) is 5.03. The van der Waals surface area contributed by atoms with E-state index in [0.29, 0.717) is 13.2 Å². The second kappa shape index (κ2) is 6.99. The molecule has 21 heavy (non-hydrogen) atoms. The lowest BCUT2D eigenvalue weighted by atomic mass is 9.97. The average molecular weight is 355 g/mol. The molecule has 1 aromatic carbocycles. The van der Waals surface area contributed by atoms with Crippen molar-refractivity contribution in [3.63, 3.8) is 0 Å². The van der Waals surface area contributed by atoms with Crippen LogP contribution in [0.5, 0.6) is 11.5 Å². The molecule has 0 aliphatic carbocycles. The van der Waals surface area contributed by atoms with Gasteiger partial charge < -0.3 is 19.7 Å². The Hall–Kier alpha value is -0.780. The van der Waals surface area contributed by atoms with Crippen LogP contribution in [0.2, 0.25) is 0 Å². The first-order valence-electron chi connectivity index (χ1n) is 7.69. The highest BCUT2D eigenvalue weighted by Crippen LogP contribution is 2.36. The fourth-order valence-corrected chi connectivity index (χ4v) is 3.54. The molecular weight excluding hydrogens is 332 g/mol. The number of ether oxygens (including phenoxy) is 2. The predicted molar refractivity (Wildman–Crippen MR) is 87.1 cm³/mol. The van der Waals surface area contributed by atoms with Crippen LogP contribution in [0.1, 0.15) is 18.4 Å². The topological polar surface area (TPSA) is 33.7 Å². The van der Waals surface area contributed by atoms with Crippen LogP contribution in [0.25, 0.3) is 0 Å². The van der Waals surface area contributed by atoms with E-state index in [0.717, 1.165) is 48.1 Å². The van der Waals surface area contributed by atoms with E-state index in [1.54, 1.807) is 0 Å². The van der Waals surface area contributed by atoms with Gasteiger partial charge in [-0.1, -0.05) is 15.9 Å². The van der Waals surface area contributed by atoms with Crippen LogP contribution in [-0.4, -0.2) is 44.8 Å². The standard InChI is InChI=1S/C16H23BrN2O2/c1-19(10-12-2-4-18-5-3-12)11-13-8-15-16(9-14(13)17)21-7-6-20-15/h8-9,12,18H,2-7,10-11H2,1H3. The van der Waals surface area contributed by atoms with Crippen LogP contribution >= 0.6 is 15.9 Å². The van der Waals surface area contributed by atoms with Crippen molar-refractivity contribution in [3.05, 3.63) is 22.2 Å². The van der Waals surface area contributed by atoms with Gasteiger partial charge in [0.15, 0.2) is 11.5 Å². The molecule has 2 aliphatic heterocycles. The third kappa shape index (κ3) is 3.90. The molecule has 0 atom stereocenters. The second-order valence-corrected chi connectivity index (χ2v) is 6.83. The first kappa shape index (κ1) is 15.1. The summed E-state index contributed by atoms with van der Waals surface area (Å²) in [5, 5.41) is 3.42. The van der Waals surface area contributed by atoms with Gasteiger partial charge in [-0.15, -0.1) is 0 Å². The molecule has 0 spiro atoms.